The molecule has 1 N–H and O–H groups in total. The van der Waals surface area contributed by atoms with Gasteiger partial charge in [0.15, 0.2) is 11.5 Å². The van der Waals surface area contributed by atoms with Crippen molar-refractivity contribution in [2.24, 2.45) is 11.0 Å². The Kier molecular flexibility index (Phi) is 4.19. The summed E-state index contributed by atoms with van der Waals surface area (Å²) in [4.78, 5) is 12.3. The number of fused-ring (bicyclic) bond motifs is 1. The lowest BCUT2D eigenvalue weighted by Crippen LogP contribution is -2.23. The van der Waals surface area contributed by atoms with Gasteiger partial charge in [-0.25, -0.2) is 5.43 Å². The molecule has 1 atom stereocenters. The fraction of sp³-hybridized carbons (Fsp3) is 0.333. The fourth-order valence-corrected chi connectivity index (χ4v) is 2.64. The second kappa shape index (κ2) is 6.28. The molecule has 0 spiro atoms. The number of ether oxygens (including phenoxy) is 2. The fourth-order valence-electron chi connectivity index (χ4n) is 2.64. The second-order valence-electron chi connectivity index (χ2n) is 5.94. The smallest absolute Gasteiger partial charge is 0.271 e. The van der Waals surface area contributed by atoms with Crippen molar-refractivity contribution < 1.29 is 14.3 Å². The van der Waals surface area contributed by atoms with Crippen LogP contribution >= 0.6 is 0 Å². The summed E-state index contributed by atoms with van der Waals surface area (Å²) in [6, 6.07) is 5.09. The summed E-state index contributed by atoms with van der Waals surface area (Å²) in [6.45, 7) is 8.25. The summed E-state index contributed by atoms with van der Waals surface area (Å²) in [6.07, 6.45) is 3.93. The number of hydrogen-bond acceptors (Lipinski definition) is 4. The molecule has 120 valence electrons. The van der Waals surface area contributed by atoms with Gasteiger partial charge >= 0.3 is 0 Å². The van der Waals surface area contributed by atoms with Gasteiger partial charge in [-0.3, -0.25) is 4.79 Å². The van der Waals surface area contributed by atoms with Crippen LogP contribution in [0.5, 0.6) is 11.5 Å². The van der Waals surface area contributed by atoms with Crippen molar-refractivity contribution >= 4 is 11.6 Å². The molecule has 0 fully saturated rings. The molecule has 0 saturated heterocycles. The van der Waals surface area contributed by atoms with Gasteiger partial charge in [0.05, 0.1) is 5.71 Å². The highest BCUT2D eigenvalue weighted by atomic mass is 16.7. The average molecular weight is 312 g/mol. The summed E-state index contributed by atoms with van der Waals surface area (Å²) < 4.78 is 10.5. The molecule has 1 aliphatic heterocycles. The molecule has 1 aromatic carbocycles. The van der Waals surface area contributed by atoms with E-state index in [4.69, 9.17) is 9.47 Å². The number of benzene rings is 1. The van der Waals surface area contributed by atoms with E-state index in [0.29, 0.717) is 23.0 Å². The van der Waals surface area contributed by atoms with Gasteiger partial charge in [-0.15, -0.1) is 0 Å². The van der Waals surface area contributed by atoms with Crippen molar-refractivity contribution in [3.05, 3.63) is 47.6 Å². The first kappa shape index (κ1) is 15.3. The van der Waals surface area contributed by atoms with Crippen LogP contribution in [0.25, 0.3) is 0 Å². The van der Waals surface area contributed by atoms with E-state index in [-0.39, 0.29) is 12.7 Å². The van der Waals surface area contributed by atoms with Crippen LogP contribution < -0.4 is 14.9 Å². The number of carbonyl (C=O) groups is 1. The van der Waals surface area contributed by atoms with Gasteiger partial charge in [0.2, 0.25) is 6.79 Å². The van der Waals surface area contributed by atoms with E-state index >= 15 is 0 Å². The maximum atomic E-state index is 12.3. The van der Waals surface area contributed by atoms with E-state index in [1.165, 1.54) is 0 Å². The molecular weight excluding hydrogens is 292 g/mol. The van der Waals surface area contributed by atoms with E-state index in [1.54, 1.807) is 18.2 Å². The Morgan fingerprint density at radius 2 is 2.13 bits per heavy atom. The SMILES string of the molecule is C=C(C)[C@H]1CC=C(C)/C(=N\NC(=O)c2ccc3c(c2)OCO3)C1. The number of nitrogens with one attached hydrogen (secondary N) is 1. The molecule has 23 heavy (non-hydrogen) atoms. The first-order valence-electron chi connectivity index (χ1n) is 7.63. The highest BCUT2D eigenvalue weighted by molar-refractivity contribution is 6.02. The zero-order valence-electron chi connectivity index (χ0n) is 13.4. The number of hydrazone groups is 1. The molecule has 0 unspecified atom stereocenters. The normalized spacial score (nSPS) is 21.0. The second-order valence-corrected chi connectivity index (χ2v) is 5.94. The Morgan fingerprint density at radius 3 is 2.91 bits per heavy atom. The Morgan fingerprint density at radius 1 is 1.35 bits per heavy atom. The Hall–Kier alpha value is -2.56. The number of rotatable bonds is 3. The molecule has 3 rings (SSSR count). The summed E-state index contributed by atoms with van der Waals surface area (Å²) in [5.41, 5.74) is 6.27. The zero-order valence-corrected chi connectivity index (χ0v) is 13.4. The number of carbonyl (C=O) groups excluding carboxylic acids is 1. The first-order valence-corrected chi connectivity index (χ1v) is 7.63. The van der Waals surface area contributed by atoms with Gasteiger partial charge in [-0.1, -0.05) is 18.2 Å². The van der Waals surface area contributed by atoms with E-state index in [9.17, 15) is 4.79 Å². The maximum Gasteiger partial charge on any atom is 0.271 e. The Balaban J connectivity index is 1.71. The number of allylic oxidation sites excluding steroid dienone is 3. The summed E-state index contributed by atoms with van der Waals surface area (Å²) in [5.74, 6) is 1.37. The predicted octanol–water partition coefficient (Wildman–Crippen LogP) is 3.43. The predicted molar refractivity (Wildman–Crippen MR) is 88.8 cm³/mol. The van der Waals surface area contributed by atoms with Gasteiger partial charge in [0.25, 0.3) is 5.91 Å². The third-order valence-electron chi connectivity index (χ3n) is 4.23. The highest BCUT2D eigenvalue weighted by Crippen LogP contribution is 2.32. The molecule has 1 amide bonds. The standard InChI is InChI=1S/C18H20N2O3/c1-11(2)13-5-4-12(3)15(8-13)19-20-18(21)14-6-7-16-17(9-14)23-10-22-16/h4,6-7,9,13H,1,5,8,10H2,2-3H3,(H,20,21)/b19-15-/t13-/m0/s1. The lowest BCUT2D eigenvalue weighted by Gasteiger charge is -2.22. The van der Waals surface area contributed by atoms with Crippen LogP contribution in [0, 0.1) is 5.92 Å². The monoisotopic (exact) mass is 312 g/mol. The Bertz CT molecular complexity index is 719. The third-order valence-corrected chi connectivity index (χ3v) is 4.23. The molecule has 0 radical (unpaired) electrons. The molecule has 1 aromatic rings. The average Bonchev–Trinajstić information content (AvgIpc) is 3.01. The van der Waals surface area contributed by atoms with Gasteiger partial charge in [-0.2, -0.15) is 5.10 Å². The van der Waals surface area contributed by atoms with Crippen LogP contribution in [-0.2, 0) is 0 Å². The lowest BCUT2D eigenvalue weighted by molar-refractivity contribution is 0.0954. The minimum atomic E-state index is -0.263. The van der Waals surface area contributed by atoms with Crippen molar-refractivity contribution in [1.82, 2.24) is 5.43 Å². The van der Waals surface area contributed by atoms with Gasteiger partial charge in [0, 0.05) is 5.56 Å². The quantitative estimate of drug-likeness (QED) is 0.687. The molecule has 5 heteroatoms. The number of hydrogen-bond donors (Lipinski definition) is 1. The van der Waals surface area contributed by atoms with Crippen molar-refractivity contribution in [1.29, 1.82) is 0 Å². The largest absolute Gasteiger partial charge is 0.454 e. The molecule has 0 aromatic heterocycles. The van der Waals surface area contributed by atoms with Gasteiger partial charge in [0.1, 0.15) is 0 Å². The third kappa shape index (κ3) is 3.28. The lowest BCUT2D eigenvalue weighted by atomic mass is 9.85. The van der Waals surface area contributed by atoms with Crippen LogP contribution in [0.2, 0.25) is 0 Å². The van der Waals surface area contributed by atoms with E-state index in [2.05, 4.69) is 23.2 Å². The van der Waals surface area contributed by atoms with Crippen LogP contribution in [-0.4, -0.2) is 18.4 Å². The molecule has 0 saturated carbocycles. The van der Waals surface area contributed by atoms with Crippen molar-refractivity contribution in [3.8, 4) is 11.5 Å². The molecule has 0 bridgehead atoms. The first-order chi connectivity index (χ1) is 11.0. The van der Waals surface area contributed by atoms with Crippen molar-refractivity contribution in [2.75, 3.05) is 6.79 Å². The summed E-state index contributed by atoms with van der Waals surface area (Å²) >= 11 is 0. The van der Waals surface area contributed by atoms with E-state index in [0.717, 1.165) is 29.7 Å². The summed E-state index contributed by atoms with van der Waals surface area (Å²) in [5, 5.41) is 4.30. The minimum absolute atomic E-state index is 0.189. The summed E-state index contributed by atoms with van der Waals surface area (Å²) in [7, 11) is 0. The molecule has 1 aliphatic carbocycles. The van der Waals surface area contributed by atoms with Crippen LogP contribution in [0.3, 0.4) is 0 Å². The van der Waals surface area contributed by atoms with E-state index in [1.807, 2.05) is 13.8 Å². The van der Waals surface area contributed by atoms with Crippen LogP contribution in [0.1, 0.15) is 37.0 Å². The van der Waals surface area contributed by atoms with E-state index < -0.39 is 0 Å². The van der Waals surface area contributed by atoms with Gasteiger partial charge < -0.3 is 9.47 Å². The molecule has 2 aliphatic rings. The molecule has 1 heterocycles. The van der Waals surface area contributed by atoms with Crippen molar-refractivity contribution in [2.45, 2.75) is 26.7 Å². The van der Waals surface area contributed by atoms with Crippen LogP contribution in [0.4, 0.5) is 0 Å². The zero-order chi connectivity index (χ0) is 16.4. The minimum Gasteiger partial charge on any atom is -0.454 e. The van der Waals surface area contributed by atoms with Crippen molar-refractivity contribution in [3.63, 3.8) is 0 Å². The maximum absolute atomic E-state index is 12.3. The number of amides is 1. The van der Waals surface area contributed by atoms with Crippen LogP contribution in [0.15, 0.2) is 47.1 Å². The Labute approximate surface area is 135 Å². The molecule has 5 nitrogen and oxygen atoms in total. The van der Waals surface area contributed by atoms with Gasteiger partial charge in [-0.05, 0) is 56.4 Å². The molecular formula is C18H20N2O3. The number of nitrogens with zero attached hydrogens (tertiary/aromatic N) is 1. The highest BCUT2D eigenvalue weighted by Gasteiger charge is 2.19. The topological polar surface area (TPSA) is 59.9 Å².